The van der Waals surface area contributed by atoms with Gasteiger partial charge in [-0.15, -0.1) is 0 Å². The van der Waals surface area contributed by atoms with Crippen LogP contribution in [-0.4, -0.2) is 32.6 Å². The second kappa shape index (κ2) is 5.50. The monoisotopic (exact) mass is 212 g/mol. The maximum Gasteiger partial charge on any atom is 0.339 e. The number of unbranched alkanes of at least 4 members (excludes halogenated alkanes) is 2. The van der Waals surface area contributed by atoms with Crippen LogP contribution < -0.4 is 0 Å². The first kappa shape index (κ1) is 11.7. The lowest BCUT2D eigenvalue weighted by molar-refractivity contribution is 0.0696. The van der Waals surface area contributed by atoms with Crippen molar-refractivity contribution >= 4 is 5.97 Å². The topological polar surface area (TPSA) is 75.3 Å². The number of aliphatic hydroxyl groups excluding tert-OH is 1. The van der Waals surface area contributed by atoms with Gasteiger partial charge in [0.2, 0.25) is 0 Å². The third kappa shape index (κ3) is 3.06. The maximum absolute atomic E-state index is 10.7. The number of aliphatic hydroxyl groups is 1. The van der Waals surface area contributed by atoms with Crippen molar-refractivity contribution in [1.29, 1.82) is 0 Å². The van der Waals surface area contributed by atoms with Crippen LogP contribution in [0, 0.1) is 6.92 Å². The summed E-state index contributed by atoms with van der Waals surface area (Å²) in [4.78, 5) is 10.7. The molecule has 1 rings (SSSR count). The van der Waals surface area contributed by atoms with Gasteiger partial charge >= 0.3 is 5.97 Å². The lowest BCUT2D eigenvalue weighted by Gasteiger charge is -2.03. The molecule has 84 valence electrons. The van der Waals surface area contributed by atoms with E-state index >= 15 is 0 Å². The van der Waals surface area contributed by atoms with Gasteiger partial charge in [-0.2, -0.15) is 5.10 Å². The standard InChI is InChI=1S/C10H16N2O3/c1-8-9(10(14)15)7-11-12(8)5-3-2-4-6-13/h7,13H,2-6H2,1H3,(H,14,15). The van der Waals surface area contributed by atoms with E-state index in [1.54, 1.807) is 11.6 Å². The molecule has 5 nitrogen and oxygen atoms in total. The number of carboxylic acids is 1. The number of nitrogens with zero attached hydrogens (tertiary/aromatic N) is 2. The summed E-state index contributed by atoms with van der Waals surface area (Å²) in [6.45, 7) is 2.67. The molecule has 0 amide bonds. The maximum atomic E-state index is 10.7. The van der Waals surface area contributed by atoms with Crippen molar-refractivity contribution in [2.24, 2.45) is 0 Å². The van der Waals surface area contributed by atoms with Crippen LogP contribution in [0.3, 0.4) is 0 Å². The molecule has 0 atom stereocenters. The molecule has 1 aromatic heterocycles. The van der Waals surface area contributed by atoms with Crippen molar-refractivity contribution in [3.8, 4) is 0 Å². The van der Waals surface area contributed by atoms with E-state index in [1.165, 1.54) is 6.20 Å². The lowest BCUT2D eigenvalue weighted by Crippen LogP contribution is -2.05. The lowest BCUT2D eigenvalue weighted by atomic mass is 10.2. The summed E-state index contributed by atoms with van der Waals surface area (Å²) in [5.74, 6) is -0.936. The largest absolute Gasteiger partial charge is 0.478 e. The third-order valence-electron chi connectivity index (χ3n) is 2.36. The van der Waals surface area contributed by atoms with Gasteiger partial charge in [0.25, 0.3) is 0 Å². The number of hydrogen-bond acceptors (Lipinski definition) is 3. The van der Waals surface area contributed by atoms with Crippen molar-refractivity contribution < 1.29 is 15.0 Å². The molecular weight excluding hydrogens is 196 g/mol. The fraction of sp³-hybridized carbons (Fsp3) is 0.600. The van der Waals surface area contributed by atoms with E-state index in [2.05, 4.69) is 5.10 Å². The molecule has 0 aliphatic heterocycles. The molecule has 0 bridgehead atoms. The minimum absolute atomic E-state index is 0.207. The first-order valence-electron chi connectivity index (χ1n) is 5.03. The van der Waals surface area contributed by atoms with Crippen LogP contribution in [0.1, 0.15) is 35.3 Å². The van der Waals surface area contributed by atoms with Crippen LogP contribution in [0.2, 0.25) is 0 Å². The molecule has 0 saturated heterocycles. The van der Waals surface area contributed by atoms with Gasteiger partial charge in [0.05, 0.1) is 6.20 Å². The van der Waals surface area contributed by atoms with Crippen LogP contribution in [0.5, 0.6) is 0 Å². The number of aromatic carboxylic acids is 1. The Balaban J connectivity index is 2.51. The van der Waals surface area contributed by atoms with E-state index in [0.717, 1.165) is 19.3 Å². The van der Waals surface area contributed by atoms with Gasteiger partial charge in [0.15, 0.2) is 0 Å². The third-order valence-corrected chi connectivity index (χ3v) is 2.36. The van der Waals surface area contributed by atoms with Crippen molar-refractivity contribution in [3.63, 3.8) is 0 Å². The predicted octanol–water partition coefficient (Wildman–Crippen LogP) is 1.05. The van der Waals surface area contributed by atoms with E-state index in [-0.39, 0.29) is 12.2 Å². The summed E-state index contributed by atoms with van der Waals surface area (Å²) in [7, 11) is 0. The molecule has 0 fully saturated rings. The second-order valence-electron chi connectivity index (χ2n) is 3.46. The molecular formula is C10H16N2O3. The van der Waals surface area contributed by atoms with Crippen molar-refractivity contribution in [1.82, 2.24) is 9.78 Å². The van der Waals surface area contributed by atoms with Crippen LogP contribution in [0.4, 0.5) is 0 Å². The van der Waals surface area contributed by atoms with Gasteiger partial charge in [-0.05, 0) is 26.2 Å². The average molecular weight is 212 g/mol. The number of rotatable bonds is 6. The van der Waals surface area contributed by atoms with Gasteiger partial charge in [0, 0.05) is 18.8 Å². The highest BCUT2D eigenvalue weighted by molar-refractivity contribution is 5.88. The summed E-state index contributed by atoms with van der Waals surface area (Å²) in [5.41, 5.74) is 0.948. The zero-order chi connectivity index (χ0) is 11.3. The van der Waals surface area contributed by atoms with E-state index < -0.39 is 5.97 Å². The Labute approximate surface area is 88.3 Å². The van der Waals surface area contributed by atoms with Gasteiger partial charge in [0.1, 0.15) is 5.56 Å². The molecule has 1 heterocycles. The minimum atomic E-state index is -0.936. The smallest absolute Gasteiger partial charge is 0.339 e. The number of aryl methyl sites for hydroxylation is 1. The SMILES string of the molecule is Cc1c(C(=O)O)cnn1CCCCCO. The fourth-order valence-electron chi connectivity index (χ4n) is 1.43. The Morgan fingerprint density at radius 2 is 2.20 bits per heavy atom. The summed E-state index contributed by atoms with van der Waals surface area (Å²) in [6.07, 6.45) is 4.00. The number of aromatic nitrogens is 2. The molecule has 0 aromatic carbocycles. The molecule has 2 N–H and O–H groups in total. The Hall–Kier alpha value is -1.36. The zero-order valence-corrected chi connectivity index (χ0v) is 8.81. The molecule has 0 aliphatic carbocycles. The van der Waals surface area contributed by atoms with Crippen LogP contribution in [0.25, 0.3) is 0 Å². The molecule has 0 saturated carbocycles. The van der Waals surface area contributed by atoms with E-state index in [1.807, 2.05) is 0 Å². The molecule has 1 aromatic rings. The highest BCUT2D eigenvalue weighted by Crippen LogP contribution is 2.08. The molecule has 0 unspecified atom stereocenters. The summed E-state index contributed by atoms with van der Waals surface area (Å²) >= 11 is 0. The van der Waals surface area contributed by atoms with Gasteiger partial charge in [-0.25, -0.2) is 4.79 Å². The van der Waals surface area contributed by atoms with Crippen molar-refractivity contribution in [2.45, 2.75) is 32.7 Å². The van der Waals surface area contributed by atoms with Gasteiger partial charge in [-0.1, -0.05) is 0 Å². The normalized spacial score (nSPS) is 10.5. The highest BCUT2D eigenvalue weighted by atomic mass is 16.4. The second-order valence-corrected chi connectivity index (χ2v) is 3.46. The fourth-order valence-corrected chi connectivity index (χ4v) is 1.43. The minimum Gasteiger partial charge on any atom is -0.478 e. The average Bonchev–Trinajstić information content (AvgIpc) is 2.55. The first-order chi connectivity index (χ1) is 7.16. The zero-order valence-electron chi connectivity index (χ0n) is 8.81. The van der Waals surface area contributed by atoms with Gasteiger partial charge < -0.3 is 10.2 Å². The van der Waals surface area contributed by atoms with Crippen LogP contribution in [0.15, 0.2) is 6.20 Å². The molecule has 0 aliphatic rings. The van der Waals surface area contributed by atoms with Crippen molar-refractivity contribution in [3.05, 3.63) is 17.5 Å². The highest BCUT2D eigenvalue weighted by Gasteiger charge is 2.11. The Kier molecular flexibility index (Phi) is 4.30. The van der Waals surface area contributed by atoms with Gasteiger partial charge in [-0.3, -0.25) is 4.68 Å². The predicted molar refractivity (Wildman–Crippen MR) is 54.9 cm³/mol. The van der Waals surface area contributed by atoms with Crippen LogP contribution in [-0.2, 0) is 6.54 Å². The van der Waals surface area contributed by atoms with Crippen molar-refractivity contribution in [2.75, 3.05) is 6.61 Å². The van der Waals surface area contributed by atoms with E-state index in [4.69, 9.17) is 10.2 Å². The summed E-state index contributed by atoms with van der Waals surface area (Å²) in [6, 6.07) is 0. The summed E-state index contributed by atoms with van der Waals surface area (Å²) < 4.78 is 1.70. The summed E-state index contributed by atoms with van der Waals surface area (Å²) in [5, 5.41) is 21.4. The number of carboxylic acid groups (broad SMARTS) is 1. The Bertz CT molecular complexity index is 333. The Morgan fingerprint density at radius 1 is 1.47 bits per heavy atom. The Morgan fingerprint density at radius 3 is 2.73 bits per heavy atom. The quantitative estimate of drug-likeness (QED) is 0.691. The number of hydrogen-bond donors (Lipinski definition) is 2. The van der Waals surface area contributed by atoms with E-state index in [0.29, 0.717) is 12.2 Å². The van der Waals surface area contributed by atoms with E-state index in [9.17, 15) is 4.79 Å². The molecule has 5 heteroatoms. The molecule has 0 radical (unpaired) electrons. The number of carbonyl (C=O) groups is 1. The molecule has 15 heavy (non-hydrogen) atoms. The van der Waals surface area contributed by atoms with Crippen LogP contribution >= 0.6 is 0 Å². The molecule has 0 spiro atoms. The first-order valence-corrected chi connectivity index (χ1v) is 5.03.